The fourth-order valence-corrected chi connectivity index (χ4v) is 4.54. The minimum Gasteiger partial charge on any atom is -0.119 e. The van der Waals surface area contributed by atoms with E-state index < -0.39 is 4.33 Å². The van der Waals surface area contributed by atoms with Crippen molar-refractivity contribution in [3.05, 3.63) is 66.2 Å². The summed E-state index contributed by atoms with van der Waals surface area (Å²) in [6.07, 6.45) is 0. The van der Waals surface area contributed by atoms with Crippen molar-refractivity contribution >= 4 is 35.0 Å². The normalized spacial score (nSPS) is 24.8. The van der Waals surface area contributed by atoms with Crippen LogP contribution in [0.2, 0.25) is 0 Å². The Morgan fingerprint density at radius 3 is 2.00 bits per heavy atom. The number of rotatable bonds is 3. The molecule has 0 saturated heterocycles. The van der Waals surface area contributed by atoms with Gasteiger partial charge in [0.05, 0.1) is 5.25 Å². The van der Waals surface area contributed by atoms with Crippen molar-refractivity contribution < 1.29 is 0 Å². The SMILES string of the molecule is ClC1(Cl)[C@H](Sc2ccccc2)[C@H]1c1ccccc1. The largest absolute Gasteiger partial charge is 0.139 e. The molecule has 92 valence electrons. The molecule has 0 bridgehead atoms. The van der Waals surface area contributed by atoms with E-state index in [0.29, 0.717) is 0 Å². The fraction of sp³-hybridized carbons (Fsp3) is 0.200. The number of benzene rings is 2. The number of halogens is 2. The molecule has 0 aromatic heterocycles. The van der Waals surface area contributed by atoms with Gasteiger partial charge in [-0.3, -0.25) is 0 Å². The predicted octanol–water partition coefficient (Wildman–Crippen LogP) is 5.12. The molecule has 0 radical (unpaired) electrons. The third-order valence-electron chi connectivity index (χ3n) is 3.15. The van der Waals surface area contributed by atoms with Gasteiger partial charge in [-0.15, -0.1) is 11.8 Å². The van der Waals surface area contributed by atoms with Crippen LogP contribution in [-0.2, 0) is 0 Å². The van der Waals surface area contributed by atoms with Crippen molar-refractivity contribution in [1.29, 1.82) is 0 Å². The van der Waals surface area contributed by atoms with Crippen LogP contribution in [0.25, 0.3) is 0 Å². The number of alkyl halides is 2. The summed E-state index contributed by atoms with van der Waals surface area (Å²) in [5.41, 5.74) is 1.22. The van der Waals surface area contributed by atoms with Gasteiger partial charge in [0.2, 0.25) is 0 Å². The molecule has 2 atom stereocenters. The first-order valence-electron chi connectivity index (χ1n) is 5.84. The monoisotopic (exact) mass is 294 g/mol. The molecule has 1 saturated carbocycles. The Hall–Kier alpha value is -0.630. The molecule has 3 rings (SSSR count). The van der Waals surface area contributed by atoms with Crippen LogP contribution in [-0.4, -0.2) is 9.58 Å². The van der Waals surface area contributed by atoms with Crippen LogP contribution in [0.15, 0.2) is 65.6 Å². The maximum Gasteiger partial charge on any atom is 0.139 e. The molecule has 0 spiro atoms. The topological polar surface area (TPSA) is 0 Å². The quantitative estimate of drug-likeness (QED) is 0.708. The van der Waals surface area contributed by atoms with Crippen molar-refractivity contribution in [2.24, 2.45) is 0 Å². The predicted molar refractivity (Wildman–Crippen MR) is 79.7 cm³/mol. The lowest BCUT2D eigenvalue weighted by molar-refractivity contribution is 1.11. The standard InChI is InChI=1S/C15H12Cl2S/c16-15(17)13(11-7-3-1-4-8-11)14(15)18-12-9-5-2-6-10-12/h1-10,13-14H/t13-,14-/m1/s1. The van der Waals surface area contributed by atoms with E-state index in [4.69, 9.17) is 23.2 Å². The van der Waals surface area contributed by atoms with Crippen molar-refractivity contribution in [2.75, 3.05) is 0 Å². The van der Waals surface area contributed by atoms with E-state index in [9.17, 15) is 0 Å². The third kappa shape index (κ3) is 2.27. The molecule has 18 heavy (non-hydrogen) atoms. The van der Waals surface area contributed by atoms with Gasteiger partial charge in [-0.2, -0.15) is 0 Å². The molecule has 0 amide bonds. The van der Waals surface area contributed by atoms with Crippen molar-refractivity contribution in [3.8, 4) is 0 Å². The van der Waals surface area contributed by atoms with Crippen molar-refractivity contribution in [1.82, 2.24) is 0 Å². The Bertz CT molecular complexity index is 525. The second kappa shape index (κ2) is 4.80. The lowest BCUT2D eigenvalue weighted by atomic mass is 10.1. The highest BCUT2D eigenvalue weighted by atomic mass is 35.5. The minimum atomic E-state index is -0.651. The Balaban J connectivity index is 1.79. The summed E-state index contributed by atoms with van der Waals surface area (Å²) in [6, 6.07) is 20.5. The van der Waals surface area contributed by atoms with Gasteiger partial charge >= 0.3 is 0 Å². The molecule has 2 aromatic carbocycles. The molecule has 1 fully saturated rings. The van der Waals surface area contributed by atoms with E-state index in [1.807, 2.05) is 36.4 Å². The summed E-state index contributed by atoms with van der Waals surface area (Å²) in [6.45, 7) is 0. The molecule has 3 heteroatoms. The summed E-state index contributed by atoms with van der Waals surface area (Å²) in [5, 5.41) is 0.227. The molecule has 1 aliphatic rings. The van der Waals surface area contributed by atoms with Crippen LogP contribution in [0, 0.1) is 0 Å². The zero-order chi connectivity index (χ0) is 12.6. The average Bonchev–Trinajstić information content (AvgIpc) is 2.93. The second-order valence-corrected chi connectivity index (χ2v) is 7.07. The highest BCUT2D eigenvalue weighted by molar-refractivity contribution is 8.00. The van der Waals surface area contributed by atoms with Gasteiger partial charge in [0, 0.05) is 10.8 Å². The Morgan fingerprint density at radius 1 is 0.833 bits per heavy atom. The van der Waals surface area contributed by atoms with E-state index >= 15 is 0 Å². The van der Waals surface area contributed by atoms with Gasteiger partial charge in [-0.05, 0) is 17.7 Å². The van der Waals surface area contributed by atoms with E-state index in [2.05, 4.69) is 24.3 Å². The minimum absolute atomic E-state index is 0.215. The van der Waals surface area contributed by atoms with Gasteiger partial charge < -0.3 is 0 Å². The summed E-state index contributed by atoms with van der Waals surface area (Å²) in [7, 11) is 0. The zero-order valence-corrected chi connectivity index (χ0v) is 11.9. The van der Waals surface area contributed by atoms with Crippen LogP contribution in [0.5, 0.6) is 0 Å². The van der Waals surface area contributed by atoms with Crippen LogP contribution in [0.1, 0.15) is 11.5 Å². The smallest absolute Gasteiger partial charge is 0.119 e. The van der Waals surface area contributed by atoms with Crippen molar-refractivity contribution in [3.63, 3.8) is 0 Å². The van der Waals surface area contributed by atoms with Gasteiger partial charge in [0.15, 0.2) is 0 Å². The van der Waals surface area contributed by atoms with Gasteiger partial charge in [0.1, 0.15) is 4.33 Å². The Morgan fingerprint density at radius 2 is 1.39 bits per heavy atom. The first kappa shape index (κ1) is 12.4. The van der Waals surface area contributed by atoms with E-state index in [1.54, 1.807) is 11.8 Å². The molecule has 0 unspecified atom stereocenters. The highest BCUT2D eigenvalue weighted by Gasteiger charge is 2.64. The first-order valence-corrected chi connectivity index (χ1v) is 7.47. The van der Waals surface area contributed by atoms with Crippen LogP contribution in [0.3, 0.4) is 0 Å². The Kier molecular flexibility index (Phi) is 3.31. The van der Waals surface area contributed by atoms with Crippen LogP contribution in [0.4, 0.5) is 0 Å². The first-order chi connectivity index (χ1) is 8.69. The second-order valence-electron chi connectivity index (χ2n) is 4.41. The van der Waals surface area contributed by atoms with Crippen molar-refractivity contribution in [2.45, 2.75) is 20.4 Å². The molecule has 0 nitrogen and oxygen atoms in total. The van der Waals surface area contributed by atoms with Gasteiger partial charge in [0.25, 0.3) is 0 Å². The molecule has 0 heterocycles. The highest BCUT2D eigenvalue weighted by Crippen LogP contribution is 2.66. The Labute approximate surface area is 121 Å². The van der Waals surface area contributed by atoms with Gasteiger partial charge in [-0.25, -0.2) is 0 Å². The maximum absolute atomic E-state index is 6.40. The summed E-state index contributed by atoms with van der Waals surface area (Å²) in [5.74, 6) is 0.215. The lowest BCUT2D eigenvalue weighted by Gasteiger charge is -1.99. The van der Waals surface area contributed by atoms with Gasteiger partial charge in [-0.1, -0.05) is 71.7 Å². The van der Waals surface area contributed by atoms with Crippen LogP contribution < -0.4 is 0 Å². The molecule has 2 aromatic rings. The molecule has 1 aliphatic carbocycles. The maximum atomic E-state index is 6.40. The molecular weight excluding hydrogens is 283 g/mol. The third-order valence-corrected chi connectivity index (χ3v) is 5.79. The molecular formula is C15H12Cl2S. The summed E-state index contributed by atoms with van der Waals surface area (Å²) >= 11 is 14.6. The molecule has 0 N–H and O–H groups in total. The van der Waals surface area contributed by atoms with Crippen LogP contribution >= 0.6 is 35.0 Å². The summed E-state index contributed by atoms with van der Waals surface area (Å²) in [4.78, 5) is 1.21. The van der Waals surface area contributed by atoms with E-state index in [0.717, 1.165) is 0 Å². The summed E-state index contributed by atoms with van der Waals surface area (Å²) < 4.78 is -0.651. The number of hydrogen-bond acceptors (Lipinski definition) is 1. The average molecular weight is 295 g/mol. The zero-order valence-electron chi connectivity index (χ0n) is 9.59. The number of hydrogen-bond donors (Lipinski definition) is 0. The van der Waals surface area contributed by atoms with E-state index in [1.165, 1.54) is 10.5 Å². The fourth-order valence-electron chi connectivity index (χ4n) is 2.15. The lowest BCUT2D eigenvalue weighted by Crippen LogP contribution is -1.90. The molecule has 0 aliphatic heterocycles. The van der Waals surface area contributed by atoms with E-state index in [-0.39, 0.29) is 11.2 Å². The number of thioether (sulfide) groups is 1.